The van der Waals surface area contributed by atoms with Gasteiger partial charge < -0.3 is 21.0 Å². The van der Waals surface area contributed by atoms with E-state index >= 15 is 0 Å². The molecule has 0 saturated heterocycles. The largest absolute Gasteiger partial charge is 0.573 e. The number of alkyl halides is 3. The number of oxime groups is 1. The van der Waals surface area contributed by atoms with Crippen molar-refractivity contribution in [2.75, 3.05) is 5.32 Å². The third kappa shape index (κ3) is 4.80. The van der Waals surface area contributed by atoms with Crippen molar-refractivity contribution in [3.05, 3.63) is 22.7 Å². The molecule has 0 saturated carbocycles. The van der Waals surface area contributed by atoms with Crippen LogP contribution in [0.5, 0.6) is 5.75 Å². The standard InChI is InChI=1S/C11H13BrF3N3O2/c1-2-8(10(16)18-19)17-6-3-4-9(7(12)5-6)20-11(13,14)15/h3-5,8,17,19H,2H2,1H3,(H2,16,18). The van der Waals surface area contributed by atoms with Gasteiger partial charge in [0.1, 0.15) is 5.75 Å². The van der Waals surface area contributed by atoms with Crippen LogP contribution in [0.15, 0.2) is 27.8 Å². The lowest BCUT2D eigenvalue weighted by Crippen LogP contribution is -2.35. The topological polar surface area (TPSA) is 79.9 Å². The number of rotatable bonds is 5. The molecule has 1 aromatic rings. The highest BCUT2D eigenvalue weighted by Crippen LogP contribution is 2.32. The quantitative estimate of drug-likeness (QED) is 0.327. The number of ether oxygens (including phenoxy) is 1. The second kappa shape index (κ2) is 6.69. The van der Waals surface area contributed by atoms with Crippen molar-refractivity contribution in [3.63, 3.8) is 0 Å². The monoisotopic (exact) mass is 355 g/mol. The van der Waals surface area contributed by atoms with E-state index in [1.807, 2.05) is 6.92 Å². The third-order valence-electron chi connectivity index (χ3n) is 2.38. The lowest BCUT2D eigenvalue weighted by molar-refractivity contribution is -0.274. The molecule has 1 atom stereocenters. The molecule has 0 aliphatic heterocycles. The van der Waals surface area contributed by atoms with E-state index < -0.39 is 12.4 Å². The molecule has 0 aliphatic rings. The maximum atomic E-state index is 12.1. The smallest absolute Gasteiger partial charge is 0.409 e. The summed E-state index contributed by atoms with van der Waals surface area (Å²) in [7, 11) is 0. The Hall–Kier alpha value is -1.64. The Morgan fingerprint density at radius 1 is 1.55 bits per heavy atom. The second-order valence-corrected chi connectivity index (χ2v) is 4.68. The van der Waals surface area contributed by atoms with Gasteiger partial charge in [-0.25, -0.2) is 0 Å². The summed E-state index contributed by atoms with van der Waals surface area (Å²) in [6.07, 6.45) is -4.22. The molecule has 0 fully saturated rings. The fourth-order valence-electron chi connectivity index (χ4n) is 1.45. The zero-order valence-corrected chi connectivity index (χ0v) is 12.0. The first kappa shape index (κ1) is 16.4. The fourth-order valence-corrected chi connectivity index (χ4v) is 1.91. The summed E-state index contributed by atoms with van der Waals surface area (Å²) < 4.78 is 40.3. The van der Waals surface area contributed by atoms with Crippen molar-refractivity contribution in [1.82, 2.24) is 0 Å². The van der Waals surface area contributed by atoms with E-state index in [1.165, 1.54) is 18.2 Å². The lowest BCUT2D eigenvalue weighted by Gasteiger charge is -2.18. The van der Waals surface area contributed by atoms with Gasteiger partial charge in [0, 0.05) is 5.69 Å². The summed E-state index contributed by atoms with van der Waals surface area (Å²) in [6, 6.07) is 3.55. The molecule has 4 N–H and O–H groups in total. The highest BCUT2D eigenvalue weighted by Gasteiger charge is 2.32. The molecule has 0 spiro atoms. The van der Waals surface area contributed by atoms with E-state index in [2.05, 4.69) is 31.1 Å². The molecule has 0 heterocycles. The van der Waals surface area contributed by atoms with Gasteiger partial charge in [-0.3, -0.25) is 0 Å². The van der Waals surface area contributed by atoms with Crippen molar-refractivity contribution in [2.45, 2.75) is 25.7 Å². The number of benzene rings is 1. The summed E-state index contributed by atoms with van der Waals surface area (Å²) in [5.41, 5.74) is 5.98. The molecule has 0 bridgehead atoms. The molecule has 1 aromatic carbocycles. The number of nitrogens with zero attached hydrogens (tertiary/aromatic N) is 1. The summed E-state index contributed by atoms with van der Waals surface area (Å²) >= 11 is 2.99. The number of amidine groups is 1. The van der Waals surface area contributed by atoms with Crippen LogP contribution in [0, 0.1) is 0 Å². The Bertz CT molecular complexity index is 494. The Morgan fingerprint density at radius 3 is 2.65 bits per heavy atom. The van der Waals surface area contributed by atoms with Crippen LogP contribution in [-0.2, 0) is 0 Å². The molecular formula is C11H13BrF3N3O2. The van der Waals surface area contributed by atoms with Crippen molar-refractivity contribution in [1.29, 1.82) is 0 Å². The molecule has 20 heavy (non-hydrogen) atoms. The van der Waals surface area contributed by atoms with E-state index in [1.54, 1.807) is 0 Å². The molecule has 0 aromatic heterocycles. The van der Waals surface area contributed by atoms with E-state index in [4.69, 9.17) is 10.9 Å². The Labute approximate surface area is 121 Å². The number of hydrogen-bond donors (Lipinski definition) is 3. The van der Waals surface area contributed by atoms with Crippen LogP contribution in [0.4, 0.5) is 18.9 Å². The van der Waals surface area contributed by atoms with Gasteiger partial charge in [0.2, 0.25) is 0 Å². The van der Waals surface area contributed by atoms with Crippen LogP contribution in [-0.4, -0.2) is 23.4 Å². The van der Waals surface area contributed by atoms with Gasteiger partial charge in [-0.05, 0) is 40.5 Å². The highest BCUT2D eigenvalue weighted by molar-refractivity contribution is 9.10. The third-order valence-corrected chi connectivity index (χ3v) is 3.00. The van der Waals surface area contributed by atoms with Gasteiger partial charge in [-0.2, -0.15) is 0 Å². The van der Waals surface area contributed by atoms with Crippen LogP contribution < -0.4 is 15.8 Å². The number of hydrogen-bond acceptors (Lipinski definition) is 4. The molecule has 5 nitrogen and oxygen atoms in total. The van der Waals surface area contributed by atoms with Crippen molar-refractivity contribution < 1.29 is 23.1 Å². The number of anilines is 1. The maximum absolute atomic E-state index is 12.1. The molecular weight excluding hydrogens is 343 g/mol. The second-order valence-electron chi connectivity index (χ2n) is 3.82. The van der Waals surface area contributed by atoms with Gasteiger partial charge in [-0.1, -0.05) is 12.1 Å². The number of nitrogens with one attached hydrogen (secondary N) is 1. The maximum Gasteiger partial charge on any atom is 0.573 e. The van der Waals surface area contributed by atoms with Crippen LogP contribution >= 0.6 is 15.9 Å². The van der Waals surface area contributed by atoms with Crippen molar-refractivity contribution in [2.24, 2.45) is 10.9 Å². The predicted octanol–water partition coefficient (Wildman–Crippen LogP) is 3.28. The first-order valence-electron chi connectivity index (χ1n) is 5.56. The normalized spacial score (nSPS) is 13.9. The van der Waals surface area contributed by atoms with Gasteiger partial charge in [0.05, 0.1) is 10.5 Å². The molecule has 0 radical (unpaired) electrons. The molecule has 1 rings (SSSR count). The minimum Gasteiger partial charge on any atom is -0.409 e. The molecule has 0 aliphatic carbocycles. The van der Waals surface area contributed by atoms with E-state index in [-0.39, 0.29) is 16.1 Å². The molecule has 9 heteroatoms. The van der Waals surface area contributed by atoms with Crippen molar-refractivity contribution >= 4 is 27.5 Å². The van der Waals surface area contributed by atoms with E-state index in [0.717, 1.165) is 0 Å². The van der Waals surface area contributed by atoms with Gasteiger partial charge in [0.15, 0.2) is 5.84 Å². The number of halogens is 4. The van der Waals surface area contributed by atoms with E-state index in [0.29, 0.717) is 12.1 Å². The van der Waals surface area contributed by atoms with Crippen molar-refractivity contribution in [3.8, 4) is 5.75 Å². The zero-order valence-electron chi connectivity index (χ0n) is 10.4. The van der Waals surface area contributed by atoms with Gasteiger partial charge >= 0.3 is 6.36 Å². The average molecular weight is 356 g/mol. The summed E-state index contributed by atoms with van der Waals surface area (Å²) in [4.78, 5) is 0. The summed E-state index contributed by atoms with van der Waals surface area (Å²) in [5, 5.41) is 14.4. The average Bonchev–Trinajstić information content (AvgIpc) is 2.36. The highest BCUT2D eigenvalue weighted by atomic mass is 79.9. The van der Waals surface area contributed by atoms with Gasteiger partial charge in [0.25, 0.3) is 0 Å². The van der Waals surface area contributed by atoms with Crippen LogP contribution in [0.3, 0.4) is 0 Å². The Balaban J connectivity index is 2.87. The Morgan fingerprint density at radius 2 is 2.20 bits per heavy atom. The molecule has 0 amide bonds. The molecule has 112 valence electrons. The first-order valence-corrected chi connectivity index (χ1v) is 6.35. The molecule has 1 unspecified atom stereocenters. The van der Waals surface area contributed by atoms with Crippen LogP contribution in [0.2, 0.25) is 0 Å². The van der Waals surface area contributed by atoms with E-state index in [9.17, 15) is 13.2 Å². The number of nitrogens with two attached hydrogens (primary N) is 1. The van der Waals surface area contributed by atoms with Crippen LogP contribution in [0.1, 0.15) is 13.3 Å². The summed E-state index contributed by atoms with van der Waals surface area (Å²) in [6.45, 7) is 1.81. The minimum atomic E-state index is -4.75. The summed E-state index contributed by atoms with van der Waals surface area (Å²) in [5.74, 6) is -0.362. The zero-order chi connectivity index (χ0) is 15.3. The van der Waals surface area contributed by atoms with Gasteiger partial charge in [-0.15, -0.1) is 13.2 Å². The predicted molar refractivity (Wildman–Crippen MR) is 71.9 cm³/mol. The SMILES string of the molecule is CCC(Nc1ccc(OC(F)(F)F)c(Br)c1)/C(N)=N/O. The minimum absolute atomic E-state index is 0.0146. The van der Waals surface area contributed by atoms with Crippen LogP contribution in [0.25, 0.3) is 0 Å². The fraction of sp³-hybridized carbons (Fsp3) is 0.364. The first-order chi connectivity index (χ1) is 9.26. The lowest BCUT2D eigenvalue weighted by atomic mass is 10.2. The Kier molecular flexibility index (Phi) is 5.49.